The number of hydrogen-bond donors (Lipinski definition) is 1. The van der Waals surface area contributed by atoms with Gasteiger partial charge < -0.3 is 19.4 Å². The minimum absolute atomic E-state index is 0.0334. The van der Waals surface area contributed by atoms with Gasteiger partial charge in [-0.05, 0) is 31.0 Å². The Morgan fingerprint density at radius 3 is 2.72 bits per heavy atom. The van der Waals surface area contributed by atoms with Gasteiger partial charge in [-0.15, -0.1) is 19.0 Å². The van der Waals surface area contributed by atoms with Gasteiger partial charge in [0.2, 0.25) is 5.82 Å². The second-order valence-corrected chi connectivity index (χ2v) is 6.72. The molecule has 11 heteroatoms. The minimum atomic E-state index is -3.69. The number of fused-ring (bicyclic) bond motifs is 2. The van der Waals surface area contributed by atoms with E-state index in [0.717, 1.165) is 18.7 Å². The molecule has 1 N–H and O–H groups in total. The molecule has 3 aromatic rings. The highest BCUT2D eigenvalue weighted by molar-refractivity contribution is 6.01. The Bertz CT molecular complexity index is 1130. The molecule has 5 rings (SSSR count). The number of amides is 1. The molecule has 0 fully saturated rings. The van der Waals surface area contributed by atoms with Crippen molar-refractivity contribution in [2.45, 2.75) is 32.6 Å². The molecule has 2 aliphatic heterocycles. The third kappa shape index (κ3) is 3.04. The molecule has 0 atom stereocenters. The van der Waals surface area contributed by atoms with Gasteiger partial charge in [0.05, 0.1) is 18.1 Å². The van der Waals surface area contributed by atoms with Crippen molar-refractivity contribution >= 4 is 11.7 Å². The van der Waals surface area contributed by atoms with E-state index in [1.807, 2.05) is 0 Å². The number of aryl methyl sites for hydroxylation is 2. The van der Waals surface area contributed by atoms with E-state index in [1.165, 1.54) is 24.5 Å². The van der Waals surface area contributed by atoms with Crippen molar-refractivity contribution in [1.82, 2.24) is 24.7 Å². The van der Waals surface area contributed by atoms with Crippen LogP contribution < -0.4 is 14.8 Å². The van der Waals surface area contributed by atoms with Gasteiger partial charge in [0, 0.05) is 18.5 Å². The van der Waals surface area contributed by atoms with E-state index in [-0.39, 0.29) is 23.1 Å². The summed E-state index contributed by atoms with van der Waals surface area (Å²) in [5.74, 6) is 0.731. The summed E-state index contributed by atoms with van der Waals surface area (Å²) in [6, 6.07) is 2.88. The molecule has 4 heterocycles. The number of rotatable bonds is 3. The van der Waals surface area contributed by atoms with Crippen LogP contribution in [0.2, 0.25) is 0 Å². The number of carbonyl (C=O) groups is 1. The minimum Gasteiger partial charge on any atom is -0.395 e. The number of alkyl halides is 2. The lowest BCUT2D eigenvalue weighted by atomic mass is 10.1. The van der Waals surface area contributed by atoms with E-state index in [0.29, 0.717) is 23.4 Å². The summed E-state index contributed by atoms with van der Waals surface area (Å²) in [5, 5.41) is 10.6. The third-order valence-corrected chi connectivity index (χ3v) is 4.73. The zero-order valence-electron chi connectivity index (χ0n) is 15.1. The fraction of sp³-hybridized carbons (Fsp3) is 0.278. The normalized spacial score (nSPS) is 16.0. The van der Waals surface area contributed by atoms with Gasteiger partial charge in [0.15, 0.2) is 17.3 Å². The molecule has 29 heavy (non-hydrogen) atoms. The van der Waals surface area contributed by atoms with Crippen molar-refractivity contribution < 1.29 is 23.0 Å². The van der Waals surface area contributed by atoms with Gasteiger partial charge in [0.25, 0.3) is 5.91 Å². The molecule has 2 aliphatic rings. The van der Waals surface area contributed by atoms with Crippen LogP contribution in [0, 0.1) is 6.92 Å². The zero-order chi connectivity index (χ0) is 20.2. The first kappa shape index (κ1) is 17.5. The number of anilines is 1. The Labute approximate surface area is 162 Å². The van der Waals surface area contributed by atoms with Crippen molar-refractivity contribution in [2.24, 2.45) is 0 Å². The number of nitrogens with zero attached hydrogens (tertiary/aromatic N) is 5. The van der Waals surface area contributed by atoms with E-state index >= 15 is 0 Å². The molecule has 9 nitrogen and oxygen atoms in total. The number of carbonyl (C=O) groups excluding carboxylic acids is 1. The van der Waals surface area contributed by atoms with Crippen LogP contribution in [0.4, 0.5) is 14.6 Å². The van der Waals surface area contributed by atoms with Crippen LogP contribution in [0.1, 0.15) is 28.4 Å². The summed E-state index contributed by atoms with van der Waals surface area (Å²) in [6.07, 6.45) is 0.866. The van der Waals surface area contributed by atoms with Crippen LogP contribution in [0.25, 0.3) is 11.3 Å². The summed E-state index contributed by atoms with van der Waals surface area (Å²) >= 11 is 0. The molecule has 148 valence electrons. The molecule has 1 aromatic carbocycles. The zero-order valence-corrected chi connectivity index (χ0v) is 15.1. The lowest BCUT2D eigenvalue weighted by Gasteiger charge is -2.08. The molecule has 0 spiro atoms. The van der Waals surface area contributed by atoms with E-state index in [4.69, 9.17) is 0 Å². The second kappa shape index (κ2) is 6.19. The number of benzene rings is 1. The number of halogens is 2. The van der Waals surface area contributed by atoms with Gasteiger partial charge in [0.1, 0.15) is 5.82 Å². The number of ether oxygens (including phenoxy) is 2. The van der Waals surface area contributed by atoms with Gasteiger partial charge in [-0.3, -0.25) is 9.78 Å². The van der Waals surface area contributed by atoms with E-state index < -0.39 is 12.2 Å². The molecule has 2 aromatic heterocycles. The third-order valence-electron chi connectivity index (χ3n) is 4.73. The van der Waals surface area contributed by atoms with Gasteiger partial charge in [-0.25, -0.2) is 4.98 Å². The van der Waals surface area contributed by atoms with Crippen molar-refractivity contribution in [3.8, 4) is 22.8 Å². The predicted octanol–water partition coefficient (Wildman–Crippen LogP) is 2.56. The molecular weight excluding hydrogens is 386 g/mol. The van der Waals surface area contributed by atoms with Crippen LogP contribution >= 0.6 is 0 Å². The van der Waals surface area contributed by atoms with Gasteiger partial charge in [-0.1, -0.05) is 0 Å². The summed E-state index contributed by atoms with van der Waals surface area (Å²) in [6.45, 7) is 2.44. The number of nitrogens with one attached hydrogen (secondary N) is 1. The summed E-state index contributed by atoms with van der Waals surface area (Å²) in [5.41, 5.74) is 1.66. The standard InChI is InChI=1S/C18H14F2N6O3/c1-9-5-12-13(29-18(19,20)28-12)6-10(9)11-7-22-14(8-21-11)23-17(27)16-25-24-15-3-2-4-26(15)16/h5-8H,2-4H2,1H3,(H,22,23,27). The van der Waals surface area contributed by atoms with Crippen LogP contribution in [0.5, 0.6) is 11.5 Å². The SMILES string of the molecule is Cc1cc2c(cc1-c1cnc(NC(=O)c3nnc4n3CCC4)cn1)OC(F)(F)O2. The monoisotopic (exact) mass is 400 g/mol. The van der Waals surface area contributed by atoms with Crippen molar-refractivity contribution in [2.75, 3.05) is 5.32 Å². The lowest BCUT2D eigenvalue weighted by molar-refractivity contribution is -0.286. The van der Waals surface area contributed by atoms with E-state index in [9.17, 15) is 13.6 Å². The second-order valence-electron chi connectivity index (χ2n) is 6.72. The fourth-order valence-corrected chi connectivity index (χ4v) is 3.40. The topological polar surface area (TPSA) is 104 Å². The Morgan fingerprint density at radius 2 is 1.97 bits per heavy atom. The van der Waals surface area contributed by atoms with Crippen molar-refractivity contribution in [1.29, 1.82) is 0 Å². The van der Waals surface area contributed by atoms with E-state index in [2.05, 4.69) is 35.0 Å². The van der Waals surface area contributed by atoms with Crippen LogP contribution in [0.15, 0.2) is 24.5 Å². The van der Waals surface area contributed by atoms with Crippen molar-refractivity contribution in [3.05, 3.63) is 41.7 Å². The molecule has 0 saturated heterocycles. The molecule has 0 aliphatic carbocycles. The van der Waals surface area contributed by atoms with Crippen LogP contribution in [0.3, 0.4) is 0 Å². The molecule has 0 radical (unpaired) electrons. The summed E-state index contributed by atoms with van der Waals surface area (Å²) in [4.78, 5) is 20.9. The van der Waals surface area contributed by atoms with Crippen LogP contribution in [-0.4, -0.2) is 36.9 Å². The van der Waals surface area contributed by atoms with Crippen molar-refractivity contribution in [3.63, 3.8) is 0 Å². The summed E-state index contributed by atoms with van der Waals surface area (Å²) < 4.78 is 37.2. The number of aromatic nitrogens is 5. The largest absolute Gasteiger partial charge is 0.586 e. The maximum Gasteiger partial charge on any atom is 0.586 e. The molecule has 0 bridgehead atoms. The first-order valence-corrected chi connectivity index (χ1v) is 8.86. The highest BCUT2D eigenvalue weighted by Gasteiger charge is 2.43. The molecular formula is C18H14F2N6O3. The fourth-order valence-electron chi connectivity index (χ4n) is 3.40. The Hall–Kier alpha value is -3.63. The van der Waals surface area contributed by atoms with Gasteiger partial charge >= 0.3 is 6.29 Å². The predicted molar refractivity (Wildman–Crippen MR) is 94.7 cm³/mol. The molecule has 0 unspecified atom stereocenters. The molecule has 1 amide bonds. The first-order chi connectivity index (χ1) is 13.9. The highest BCUT2D eigenvalue weighted by Crippen LogP contribution is 2.44. The summed E-state index contributed by atoms with van der Waals surface area (Å²) in [7, 11) is 0. The Balaban J connectivity index is 1.36. The molecule has 0 saturated carbocycles. The smallest absolute Gasteiger partial charge is 0.395 e. The average Bonchev–Trinajstić information content (AvgIpc) is 3.34. The first-order valence-electron chi connectivity index (χ1n) is 8.86. The Kier molecular flexibility index (Phi) is 3.73. The van der Waals surface area contributed by atoms with Gasteiger partial charge in [-0.2, -0.15) is 0 Å². The van der Waals surface area contributed by atoms with E-state index in [1.54, 1.807) is 11.5 Å². The quantitative estimate of drug-likeness (QED) is 0.721. The highest BCUT2D eigenvalue weighted by atomic mass is 19.3. The Morgan fingerprint density at radius 1 is 1.17 bits per heavy atom. The van der Waals surface area contributed by atoms with Crippen LogP contribution in [-0.2, 0) is 13.0 Å². The lowest BCUT2D eigenvalue weighted by Crippen LogP contribution is -2.25. The number of hydrogen-bond acceptors (Lipinski definition) is 7. The average molecular weight is 400 g/mol. The maximum absolute atomic E-state index is 13.3. The maximum atomic E-state index is 13.3.